The Morgan fingerprint density at radius 1 is 0.962 bits per heavy atom. The second-order valence-electron chi connectivity index (χ2n) is 5.15. The SMILES string of the molecule is CCOc1ccc(NC(=O)CNC(=O)C(=O)Nc2cccc(Cl)c2)cc1. The molecule has 2 rings (SSSR count). The van der Waals surface area contributed by atoms with E-state index in [1.165, 1.54) is 6.07 Å². The minimum absolute atomic E-state index is 0.338. The number of ether oxygens (including phenoxy) is 1. The van der Waals surface area contributed by atoms with Gasteiger partial charge in [-0.25, -0.2) is 0 Å². The van der Waals surface area contributed by atoms with Gasteiger partial charge in [0.1, 0.15) is 5.75 Å². The molecule has 0 heterocycles. The Balaban J connectivity index is 1.78. The Labute approximate surface area is 155 Å². The lowest BCUT2D eigenvalue weighted by Gasteiger charge is -2.08. The fourth-order valence-electron chi connectivity index (χ4n) is 2.00. The predicted octanol–water partition coefficient (Wildman–Crippen LogP) is 2.43. The summed E-state index contributed by atoms with van der Waals surface area (Å²) in [5, 5.41) is 7.67. The zero-order valence-corrected chi connectivity index (χ0v) is 14.8. The maximum absolute atomic E-state index is 11.8. The first-order valence-electron chi connectivity index (χ1n) is 7.85. The number of halogens is 1. The molecular weight excluding hydrogens is 358 g/mol. The first kappa shape index (κ1) is 19.3. The standard InChI is InChI=1S/C18H18ClN3O4/c1-2-26-15-8-6-13(7-9-15)21-16(23)11-20-17(24)18(25)22-14-5-3-4-12(19)10-14/h3-10H,2,11H2,1H3,(H,20,24)(H,21,23)(H,22,25). The molecule has 7 nitrogen and oxygen atoms in total. The molecule has 0 saturated heterocycles. The molecule has 0 aromatic heterocycles. The van der Waals surface area contributed by atoms with E-state index >= 15 is 0 Å². The van der Waals surface area contributed by atoms with E-state index in [1.54, 1.807) is 42.5 Å². The van der Waals surface area contributed by atoms with Gasteiger partial charge in [0.05, 0.1) is 13.2 Å². The van der Waals surface area contributed by atoms with Crippen LogP contribution in [-0.2, 0) is 14.4 Å². The van der Waals surface area contributed by atoms with Crippen LogP contribution in [0.15, 0.2) is 48.5 Å². The highest BCUT2D eigenvalue weighted by molar-refractivity contribution is 6.40. The zero-order chi connectivity index (χ0) is 18.9. The summed E-state index contributed by atoms with van der Waals surface area (Å²) in [5.74, 6) is -1.58. The highest BCUT2D eigenvalue weighted by Crippen LogP contribution is 2.16. The van der Waals surface area contributed by atoms with Crippen LogP contribution < -0.4 is 20.7 Å². The van der Waals surface area contributed by atoms with Crippen LogP contribution in [0.3, 0.4) is 0 Å². The van der Waals surface area contributed by atoms with Gasteiger partial charge in [-0.2, -0.15) is 0 Å². The van der Waals surface area contributed by atoms with Crippen LogP contribution >= 0.6 is 11.6 Å². The van der Waals surface area contributed by atoms with E-state index in [2.05, 4.69) is 16.0 Å². The lowest BCUT2D eigenvalue weighted by molar-refractivity contribution is -0.136. The Hall–Kier alpha value is -3.06. The van der Waals surface area contributed by atoms with Gasteiger partial charge in [-0.3, -0.25) is 14.4 Å². The molecule has 2 aromatic rings. The lowest BCUT2D eigenvalue weighted by Crippen LogP contribution is -2.39. The number of carbonyl (C=O) groups is 3. The molecule has 0 unspecified atom stereocenters. The van der Waals surface area contributed by atoms with E-state index in [-0.39, 0.29) is 6.54 Å². The van der Waals surface area contributed by atoms with Gasteiger partial charge in [0, 0.05) is 16.4 Å². The third-order valence-corrected chi connectivity index (χ3v) is 3.38. The summed E-state index contributed by atoms with van der Waals surface area (Å²) in [6, 6.07) is 13.2. The molecule has 2 aromatic carbocycles. The second kappa shape index (κ2) is 9.43. The van der Waals surface area contributed by atoms with Crippen molar-refractivity contribution in [3.8, 4) is 5.75 Å². The summed E-state index contributed by atoms with van der Waals surface area (Å²) in [6.45, 7) is 2.09. The largest absolute Gasteiger partial charge is 0.494 e. The van der Waals surface area contributed by atoms with E-state index < -0.39 is 17.7 Å². The average molecular weight is 376 g/mol. The van der Waals surface area contributed by atoms with Gasteiger partial charge >= 0.3 is 11.8 Å². The van der Waals surface area contributed by atoms with Crippen LogP contribution in [0.5, 0.6) is 5.75 Å². The number of hydrogen-bond acceptors (Lipinski definition) is 4. The van der Waals surface area contributed by atoms with E-state index in [9.17, 15) is 14.4 Å². The fourth-order valence-corrected chi connectivity index (χ4v) is 2.19. The first-order chi connectivity index (χ1) is 12.5. The molecule has 0 atom stereocenters. The highest BCUT2D eigenvalue weighted by atomic mass is 35.5. The Bertz CT molecular complexity index is 793. The van der Waals surface area contributed by atoms with Gasteiger partial charge in [-0.05, 0) is 49.4 Å². The van der Waals surface area contributed by atoms with Gasteiger partial charge in [-0.15, -0.1) is 0 Å². The summed E-state index contributed by atoms with van der Waals surface area (Å²) < 4.78 is 5.30. The minimum Gasteiger partial charge on any atom is -0.494 e. The normalized spacial score (nSPS) is 9.92. The van der Waals surface area contributed by atoms with Crippen molar-refractivity contribution < 1.29 is 19.1 Å². The van der Waals surface area contributed by atoms with Gasteiger partial charge in [-0.1, -0.05) is 17.7 Å². The van der Waals surface area contributed by atoms with E-state index in [1.807, 2.05) is 6.92 Å². The number of carbonyl (C=O) groups excluding carboxylic acids is 3. The smallest absolute Gasteiger partial charge is 0.313 e. The van der Waals surface area contributed by atoms with Crippen LogP contribution in [0, 0.1) is 0 Å². The summed E-state index contributed by atoms with van der Waals surface area (Å²) >= 11 is 5.80. The van der Waals surface area contributed by atoms with Gasteiger partial charge in [0.2, 0.25) is 5.91 Å². The van der Waals surface area contributed by atoms with Crippen LogP contribution in [0.4, 0.5) is 11.4 Å². The van der Waals surface area contributed by atoms with Crippen molar-refractivity contribution in [3.63, 3.8) is 0 Å². The molecule has 3 N–H and O–H groups in total. The molecule has 0 radical (unpaired) electrons. The molecule has 0 saturated carbocycles. The fraction of sp³-hybridized carbons (Fsp3) is 0.167. The van der Waals surface area contributed by atoms with Crippen LogP contribution in [0.25, 0.3) is 0 Å². The molecule has 136 valence electrons. The van der Waals surface area contributed by atoms with Crippen molar-refractivity contribution in [2.75, 3.05) is 23.8 Å². The van der Waals surface area contributed by atoms with E-state index in [4.69, 9.17) is 16.3 Å². The first-order valence-corrected chi connectivity index (χ1v) is 8.23. The summed E-state index contributed by atoms with van der Waals surface area (Å²) in [5.41, 5.74) is 0.938. The van der Waals surface area contributed by atoms with E-state index in [0.717, 1.165) is 0 Å². The van der Waals surface area contributed by atoms with Crippen molar-refractivity contribution in [1.82, 2.24) is 5.32 Å². The quantitative estimate of drug-likeness (QED) is 0.675. The predicted molar refractivity (Wildman–Crippen MR) is 99.3 cm³/mol. The van der Waals surface area contributed by atoms with Gasteiger partial charge in [0.15, 0.2) is 0 Å². The Morgan fingerprint density at radius 2 is 1.69 bits per heavy atom. The molecule has 0 aliphatic heterocycles. The summed E-state index contributed by atoms with van der Waals surface area (Å²) in [6.07, 6.45) is 0. The number of hydrogen-bond donors (Lipinski definition) is 3. The lowest BCUT2D eigenvalue weighted by atomic mass is 10.3. The van der Waals surface area contributed by atoms with Crippen LogP contribution in [0.2, 0.25) is 5.02 Å². The van der Waals surface area contributed by atoms with Gasteiger partial charge in [0.25, 0.3) is 0 Å². The molecule has 3 amide bonds. The topological polar surface area (TPSA) is 96.5 Å². The third-order valence-electron chi connectivity index (χ3n) is 3.15. The maximum Gasteiger partial charge on any atom is 0.313 e. The monoisotopic (exact) mass is 375 g/mol. The van der Waals surface area contributed by atoms with Crippen molar-refractivity contribution in [2.45, 2.75) is 6.92 Å². The summed E-state index contributed by atoms with van der Waals surface area (Å²) in [4.78, 5) is 35.4. The molecule has 0 spiro atoms. The van der Waals surface area contributed by atoms with Crippen molar-refractivity contribution in [3.05, 3.63) is 53.6 Å². The van der Waals surface area contributed by atoms with Crippen LogP contribution in [0.1, 0.15) is 6.92 Å². The number of benzene rings is 2. The Morgan fingerprint density at radius 3 is 2.35 bits per heavy atom. The van der Waals surface area contributed by atoms with E-state index in [0.29, 0.717) is 28.8 Å². The highest BCUT2D eigenvalue weighted by Gasteiger charge is 2.15. The van der Waals surface area contributed by atoms with Crippen LogP contribution in [-0.4, -0.2) is 30.9 Å². The minimum atomic E-state index is -0.924. The summed E-state index contributed by atoms with van der Waals surface area (Å²) in [7, 11) is 0. The third kappa shape index (κ3) is 6.10. The van der Waals surface area contributed by atoms with Crippen molar-refractivity contribution in [2.24, 2.45) is 0 Å². The number of nitrogens with one attached hydrogen (secondary N) is 3. The van der Waals surface area contributed by atoms with Gasteiger partial charge < -0.3 is 20.7 Å². The molecule has 0 bridgehead atoms. The zero-order valence-electron chi connectivity index (χ0n) is 14.0. The number of amides is 3. The second-order valence-corrected chi connectivity index (χ2v) is 5.59. The molecule has 0 aliphatic carbocycles. The number of anilines is 2. The van der Waals surface area contributed by atoms with Crippen molar-refractivity contribution >= 4 is 40.7 Å². The Kier molecular flexibility index (Phi) is 6.99. The number of rotatable bonds is 6. The molecule has 0 aliphatic rings. The molecule has 26 heavy (non-hydrogen) atoms. The molecular formula is C18H18ClN3O4. The molecule has 8 heteroatoms. The molecule has 0 fully saturated rings. The average Bonchev–Trinajstić information content (AvgIpc) is 2.61. The van der Waals surface area contributed by atoms with Crippen molar-refractivity contribution in [1.29, 1.82) is 0 Å². The maximum atomic E-state index is 11.8.